The van der Waals surface area contributed by atoms with Crippen molar-refractivity contribution in [3.8, 4) is 0 Å². The van der Waals surface area contributed by atoms with Crippen LogP contribution in [0.3, 0.4) is 0 Å². The predicted molar refractivity (Wildman–Crippen MR) is 56.8 cm³/mol. The van der Waals surface area contributed by atoms with E-state index in [0.29, 0.717) is 32.3 Å². The Morgan fingerprint density at radius 3 is 2.62 bits per heavy atom. The van der Waals surface area contributed by atoms with Crippen LogP contribution in [0.4, 0.5) is 0 Å². The predicted octanol–water partition coefficient (Wildman–Crippen LogP) is -0.526. The number of hydrogen-bond acceptors (Lipinski definition) is 4. The largest absolute Gasteiger partial charge is 0.480 e. The second-order valence-electron chi connectivity index (χ2n) is 4.16. The van der Waals surface area contributed by atoms with E-state index in [1.807, 2.05) is 0 Å². The summed E-state index contributed by atoms with van der Waals surface area (Å²) in [5.41, 5.74) is 4.84. The average Bonchev–Trinajstić information content (AvgIpc) is 2.96. The summed E-state index contributed by atoms with van der Waals surface area (Å²) in [6.07, 6.45) is 2.20. The van der Waals surface area contributed by atoms with Gasteiger partial charge < -0.3 is 20.9 Å². The highest BCUT2D eigenvalue weighted by atomic mass is 16.5. The van der Waals surface area contributed by atoms with Crippen molar-refractivity contribution in [3.05, 3.63) is 0 Å². The van der Waals surface area contributed by atoms with Gasteiger partial charge in [0.1, 0.15) is 6.04 Å². The second kappa shape index (κ2) is 5.27. The number of amides is 1. The Morgan fingerprint density at radius 1 is 1.56 bits per heavy atom. The molecule has 1 aliphatic carbocycles. The van der Waals surface area contributed by atoms with Gasteiger partial charge in [-0.3, -0.25) is 4.79 Å². The number of carboxylic acids is 1. The van der Waals surface area contributed by atoms with Gasteiger partial charge in [0.25, 0.3) is 0 Å². The van der Waals surface area contributed by atoms with E-state index in [2.05, 4.69) is 5.32 Å². The summed E-state index contributed by atoms with van der Waals surface area (Å²) in [7, 11) is 1.55. The standard InChI is InChI=1S/C10H18N2O4/c1-16-6-2-3-7(8(13)14)12-9(15)10(11)4-5-10/h7H,2-6,11H2,1H3,(H,12,15)(H,13,14). The zero-order valence-electron chi connectivity index (χ0n) is 9.36. The van der Waals surface area contributed by atoms with Crippen molar-refractivity contribution >= 4 is 11.9 Å². The molecule has 1 amide bonds. The molecule has 0 aromatic rings. The molecular formula is C10H18N2O4. The Kier molecular flexibility index (Phi) is 4.26. The SMILES string of the molecule is COCCCC(NC(=O)C1(N)CC1)C(=O)O. The van der Waals surface area contributed by atoms with Crippen LogP contribution >= 0.6 is 0 Å². The molecule has 1 aliphatic rings. The van der Waals surface area contributed by atoms with Crippen molar-refractivity contribution in [1.82, 2.24) is 5.32 Å². The third kappa shape index (κ3) is 3.46. The van der Waals surface area contributed by atoms with E-state index in [9.17, 15) is 9.59 Å². The van der Waals surface area contributed by atoms with E-state index < -0.39 is 17.6 Å². The quantitative estimate of drug-likeness (QED) is 0.510. The number of rotatable bonds is 7. The molecule has 0 heterocycles. The van der Waals surface area contributed by atoms with Crippen LogP contribution in [0.25, 0.3) is 0 Å². The van der Waals surface area contributed by atoms with Gasteiger partial charge in [0.05, 0.1) is 5.54 Å². The molecule has 0 spiro atoms. The normalized spacial score (nSPS) is 18.9. The first-order valence-electron chi connectivity index (χ1n) is 5.31. The summed E-state index contributed by atoms with van der Waals surface area (Å²) in [5, 5.41) is 11.4. The Balaban J connectivity index is 2.38. The highest BCUT2D eigenvalue weighted by Gasteiger charge is 2.46. The molecule has 6 heteroatoms. The molecule has 16 heavy (non-hydrogen) atoms. The van der Waals surface area contributed by atoms with E-state index >= 15 is 0 Å². The van der Waals surface area contributed by atoms with Gasteiger partial charge in [0.2, 0.25) is 5.91 Å². The first-order valence-corrected chi connectivity index (χ1v) is 5.31. The van der Waals surface area contributed by atoms with Gasteiger partial charge in [0, 0.05) is 13.7 Å². The Morgan fingerprint density at radius 2 is 2.19 bits per heavy atom. The molecule has 1 saturated carbocycles. The lowest BCUT2D eigenvalue weighted by molar-refractivity contribution is -0.142. The molecule has 6 nitrogen and oxygen atoms in total. The average molecular weight is 230 g/mol. The summed E-state index contributed by atoms with van der Waals surface area (Å²) < 4.78 is 4.83. The van der Waals surface area contributed by atoms with Crippen molar-refractivity contribution in [3.63, 3.8) is 0 Å². The molecule has 92 valence electrons. The third-order valence-electron chi connectivity index (χ3n) is 2.69. The lowest BCUT2D eigenvalue weighted by Crippen LogP contribution is -2.49. The van der Waals surface area contributed by atoms with Crippen molar-refractivity contribution < 1.29 is 19.4 Å². The van der Waals surface area contributed by atoms with Gasteiger partial charge >= 0.3 is 5.97 Å². The number of hydrogen-bond donors (Lipinski definition) is 3. The molecule has 1 atom stereocenters. The van der Waals surface area contributed by atoms with E-state index in [1.54, 1.807) is 7.11 Å². The summed E-state index contributed by atoms with van der Waals surface area (Å²) in [6.45, 7) is 0.480. The molecule has 1 rings (SSSR count). The zero-order valence-corrected chi connectivity index (χ0v) is 9.36. The third-order valence-corrected chi connectivity index (χ3v) is 2.69. The molecular weight excluding hydrogens is 212 g/mol. The van der Waals surface area contributed by atoms with Crippen LogP contribution < -0.4 is 11.1 Å². The lowest BCUT2D eigenvalue weighted by atomic mass is 10.1. The lowest BCUT2D eigenvalue weighted by Gasteiger charge is -2.16. The Bertz CT molecular complexity index is 276. The zero-order chi connectivity index (χ0) is 12.2. The van der Waals surface area contributed by atoms with E-state index in [4.69, 9.17) is 15.6 Å². The fraction of sp³-hybridized carbons (Fsp3) is 0.800. The van der Waals surface area contributed by atoms with Crippen LogP contribution in [0, 0.1) is 0 Å². The number of carboxylic acid groups (broad SMARTS) is 1. The molecule has 0 saturated heterocycles. The fourth-order valence-electron chi connectivity index (χ4n) is 1.35. The first-order chi connectivity index (χ1) is 7.49. The molecule has 0 aromatic heterocycles. The van der Waals surface area contributed by atoms with Crippen LogP contribution in [0.15, 0.2) is 0 Å². The topological polar surface area (TPSA) is 102 Å². The van der Waals surface area contributed by atoms with Crippen molar-refractivity contribution in [2.24, 2.45) is 5.73 Å². The molecule has 0 aliphatic heterocycles. The molecule has 0 aromatic carbocycles. The van der Waals surface area contributed by atoms with Crippen LogP contribution in [-0.4, -0.2) is 42.3 Å². The maximum atomic E-state index is 11.5. The van der Waals surface area contributed by atoms with Gasteiger partial charge in [0.15, 0.2) is 0 Å². The Labute approximate surface area is 94.1 Å². The number of aliphatic carboxylic acids is 1. The smallest absolute Gasteiger partial charge is 0.326 e. The maximum absolute atomic E-state index is 11.5. The minimum absolute atomic E-state index is 0.352. The minimum atomic E-state index is -1.03. The van der Waals surface area contributed by atoms with Crippen molar-refractivity contribution in [1.29, 1.82) is 0 Å². The molecule has 1 fully saturated rings. The van der Waals surface area contributed by atoms with Gasteiger partial charge in [-0.05, 0) is 25.7 Å². The Hall–Kier alpha value is -1.14. The summed E-state index contributed by atoms with van der Waals surface area (Å²) in [4.78, 5) is 22.4. The van der Waals surface area contributed by atoms with E-state index in [1.165, 1.54) is 0 Å². The van der Waals surface area contributed by atoms with E-state index in [-0.39, 0.29) is 5.91 Å². The molecule has 1 unspecified atom stereocenters. The molecule has 0 radical (unpaired) electrons. The van der Waals surface area contributed by atoms with Gasteiger partial charge in [-0.15, -0.1) is 0 Å². The van der Waals surface area contributed by atoms with Crippen LogP contribution in [0.5, 0.6) is 0 Å². The molecule has 0 bridgehead atoms. The molecule has 4 N–H and O–H groups in total. The number of carbonyl (C=O) groups excluding carboxylic acids is 1. The highest BCUT2D eigenvalue weighted by molar-refractivity contribution is 5.92. The van der Waals surface area contributed by atoms with Crippen LogP contribution in [0.2, 0.25) is 0 Å². The minimum Gasteiger partial charge on any atom is -0.480 e. The van der Waals surface area contributed by atoms with Crippen molar-refractivity contribution in [2.75, 3.05) is 13.7 Å². The fourth-order valence-corrected chi connectivity index (χ4v) is 1.35. The second-order valence-corrected chi connectivity index (χ2v) is 4.16. The van der Waals surface area contributed by atoms with Crippen molar-refractivity contribution in [2.45, 2.75) is 37.3 Å². The highest BCUT2D eigenvalue weighted by Crippen LogP contribution is 2.32. The van der Waals surface area contributed by atoms with Gasteiger partial charge in [-0.2, -0.15) is 0 Å². The summed E-state index contributed by atoms with van der Waals surface area (Å²) in [5.74, 6) is -1.40. The monoisotopic (exact) mass is 230 g/mol. The summed E-state index contributed by atoms with van der Waals surface area (Å²) in [6, 6.07) is -0.872. The summed E-state index contributed by atoms with van der Waals surface area (Å²) >= 11 is 0. The van der Waals surface area contributed by atoms with Gasteiger partial charge in [-0.25, -0.2) is 4.79 Å². The number of nitrogens with two attached hydrogens (primary N) is 1. The van der Waals surface area contributed by atoms with E-state index in [0.717, 1.165) is 0 Å². The first kappa shape index (κ1) is 12.9. The maximum Gasteiger partial charge on any atom is 0.326 e. The number of methoxy groups -OCH3 is 1. The van der Waals surface area contributed by atoms with Crippen LogP contribution in [0.1, 0.15) is 25.7 Å². The number of carbonyl (C=O) groups is 2. The van der Waals surface area contributed by atoms with Crippen LogP contribution in [-0.2, 0) is 14.3 Å². The number of nitrogens with one attached hydrogen (secondary N) is 1. The van der Waals surface area contributed by atoms with Gasteiger partial charge in [-0.1, -0.05) is 0 Å². The number of ether oxygens (including phenoxy) is 1.